The van der Waals surface area contributed by atoms with Crippen molar-refractivity contribution in [2.75, 3.05) is 0 Å². The Bertz CT molecular complexity index is 923. The summed E-state index contributed by atoms with van der Waals surface area (Å²) in [4.78, 5) is 0. The van der Waals surface area contributed by atoms with E-state index in [0.29, 0.717) is 0 Å². The summed E-state index contributed by atoms with van der Waals surface area (Å²) in [6.07, 6.45) is 21.0. The number of hydrogen-bond donors (Lipinski definition) is 0. The van der Waals surface area contributed by atoms with Crippen LogP contribution in [-0.2, 0) is 23.3 Å². The Morgan fingerprint density at radius 2 is 1.00 bits per heavy atom. The predicted molar refractivity (Wildman–Crippen MR) is 148 cm³/mol. The zero-order valence-electron chi connectivity index (χ0n) is 22.3. The maximum atomic E-state index is 3.46. The summed E-state index contributed by atoms with van der Waals surface area (Å²) in [5.74, 6) is 0. The maximum Gasteiger partial charge on any atom is -1.00 e. The normalized spacial score (nSPS) is 13.3. The Labute approximate surface area is 248 Å². The van der Waals surface area contributed by atoms with Crippen LogP contribution >= 0.6 is 0 Å². The van der Waals surface area contributed by atoms with Crippen LogP contribution in [0.5, 0.6) is 0 Å². The molecule has 4 heteroatoms. The van der Waals surface area contributed by atoms with Crippen LogP contribution in [0.4, 0.5) is 0 Å². The van der Waals surface area contributed by atoms with E-state index in [1.54, 1.807) is 23.3 Å². The van der Waals surface area contributed by atoms with Crippen LogP contribution in [0, 0.1) is 12.2 Å². The Kier molecular flexibility index (Phi) is 20.5. The SMILES string of the molecule is CCCCC1=[C-]CC(c2ccccc2)=C1.CCCCC1=[C-]CC(c2ccccc2)=C1.C[Si](C)=[Zr+2].[Cl-].[Cl-]. The fourth-order valence-corrected chi connectivity index (χ4v) is 3.77. The summed E-state index contributed by atoms with van der Waals surface area (Å²) >= 11 is 1.74. The quantitative estimate of drug-likeness (QED) is 0.315. The molecular formula is C32H40Cl2SiZr-2. The van der Waals surface area contributed by atoms with Crippen LogP contribution in [0.2, 0.25) is 13.1 Å². The van der Waals surface area contributed by atoms with Gasteiger partial charge in [0.1, 0.15) is 0 Å². The number of unbranched alkanes of at least 4 members (excludes halogenated alkanes) is 2. The minimum atomic E-state index is 0. The van der Waals surface area contributed by atoms with E-state index in [-0.39, 0.29) is 30.2 Å². The van der Waals surface area contributed by atoms with E-state index in [0.717, 1.165) is 12.8 Å². The van der Waals surface area contributed by atoms with E-state index in [2.05, 4.69) is 112 Å². The van der Waals surface area contributed by atoms with E-state index in [9.17, 15) is 0 Å². The molecule has 2 aromatic rings. The molecule has 0 heterocycles. The first-order valence-corrected chi connectivity index (χ1v) is 18.9. The molecule has 0 radical (unpaired) electrons. The van der Waals surface area contributed by atoms with Crippen molar-refractivity contribution in [3.05, 3.63) is 107 Å². The zero-order chi connectivity index (χ0) is 24.6. The first-order valence-electron chi connectivity index (χ1n) is 12.8. The maximum absolute atomic E-state index is 3.46. The molecule has 192 valence electrons. The van der Waals surface area contributed by atoms with Crippen molar-refractivity contribution in [3.8, 4) is 0 Å². The minimum absolute atomic E-state index is 0. The molecule has 4 rings (SSSR count). The summed E-state index contributed by atoms with van der Waals surface area (Å²) in [5, 5.41) is 0. The Hall–Kier alpha value is -0.920. The van der Waals surface area contributed by atoms with Gasteiger partial charge in [0.25, 0.3) is 0 Å². The van der Waals surface area contributed by atoms with Crippen molar-refractivity contribution in [1.82, 2.24) is 0 Å². The number of hydrogen-bond acceptors (Lipinski definition) is 0. The molecule has 0 saturated heterocycles. The molecule has 2 aromatic carbocycles. The van der Waals surface area contributed by atoms with Crippen LogP contribution < -0.4 is 24.8 Å². The minimum Gasteiger partial charge on any atom is -1.00 e. The van der Waals surface area contributed by atoms with Crippen molar-refractivity contribution in [2.24, 2.45) is 0 Å². The van der Waals surface area contributed by atoms with Gasteiger partial charge in [0.15, 0.2) is 0 Å². The number of rotatable bonds is 8. The molecule has 2 aliphatic rings. The Balaban J connectivity index is 0.000000566. The Morgan fingerprint density at radius 1 is 0.667 bits per heavy atom. The smallest absolute Gasteiger partial charge is 1.00 e. The van der Waals surface area contributed by atoms with Crippen molar-refractivity contribution in [2.45, 2.75) is 78.3 Å². The van der Waals surface area contributed by atoms with Crippen molar-refractivity contribution < 1.29 is 48.1 Å². The molecular weight excluding hydrogens is 575 g/mol. The molecule has 0 aromatic heterocycles. The van der Waals surface area contributed by atoms with Crippen molar-refractivity contribution in [1.29, 1.82) is 0 Å². The largest absolute Gasteiger partial charge is 1.00 e. The molecule has 0 N–H and O–H groups in total. The first kappa shape index (κ1) is 35.1. The molecule has 0 unspecified atom stereocenters. The van der Waals surface area contributed by atoms with Gasteiger partial charge in [-0.15, -0.1) is 24.0 Å². The van der Waals surface area contributed by atoms with Gasteiger partial charge >= 0.3 is 41.9 Å². The summed E-state index contributed by atoms with van der Waals surface area (Å²) in [7, 11) is 0. The predicted octanol–water partition coefficient (Wildman–Crippen LogP) is 3.58. The van der Waals surface area contributed by atoms with Crippen LogP contribution in [0.3, 0.4) is 0 Å². The molecule has 0 saturated carbocycles. The summed E-state index contributed by atoms with van der Waals surface area (Å²) in [6.45, 7) is 9.08. The third kappa shape index (κ3) is 14.1. The van der Waals surface area contributed by atoms with E-state index in [1.165, 1.54) is 71.9 Å². The average molecular weight is 615 g/mol. The third-order valence-electron chi connectivity index (χ3n) is 5.60. The van der Waals surface area contributed by atoms with Gasteiger partial charge in [-0.3, -0.25) is 12.2 Å². The van der Waals surface area contributed by atoms with Gasteiger partial charge in [0, 0.05) is 0 Å². The van der Waals surface area contributed by atoms with E-state index in [4.69, 9.17) is 0 Å². The molecule has 0 atom stereocenters. The van der Waals surface area contributed by atoms with Crippen LogP contribution in [-0.4, -0.2) is 5.43 Å². The fraction of sp³-hybridized carbons (Fsp3) is 0.375. The molecule has 0 nitrogen and oxygen atoms in total. The zero-order valence-corrected chi connectivity index (χ0v) is 27.3. The fourth-order valence-electron chi connectivity index (χ4n) is 3.77. The number of allylic oxidation sites excluding steroid dienone is 8. The second-order valence-electron chi connectivity index (χ2n) is 9.04. The van der Waals surface area contributed by atoms with Gasteiger partial charge in [-0.1, -0.05) is 113 Å². The number of benzene rings is 2. The summed E-state index contributed by atoms with van der Waals surface area (Å²) in [6, 6.07) is 21.2. The van der Waals surface area contributed by atoms with Crippen molar-refractivity contribution >= 4 is 16.6 Å². The van der Waals surface area contributed by atoms with Crippen LogP contribution in [0.15, 0.2) is 84.0 Å². The van der Waals surface area contributed by atoms with E-state index < -0.39 is 0 Å². The summed E-state index contributed by atoms with van der Waals surface area (Å²) in [5.41, 5.74) is 8.53. The second-order valence-corrected chi connectivity index (χ2v) is 18.4. The molecule has 0 amide bonds. The van der Waals surface area contributed by atoms with Gasteiger partial charge in [-0.25, -0.2) is 23.3 Å². The van der Waals surface area contributed by atoms with Gasteiger partial charge in [0.05, 0.1) is 0 Å². The molecule has 2 aliphatic carbocycles. The van der Waals surface area contributed by atoms with Crippen LogP contribution in [0.1, 0.15) is 76.3 Å². The molecule has 36 heavy (non-hydrogen) atoms. The monoisotopic (exact) mass is 612 g/mol. The molecule has 0 fully saturated rings. The van der Waals surface area contributed by atoms with Gasteiger partial charge in [-0.2, -0.15) is 0 Å². The van der Waals surface area contributed by atoms with E-state index in [1.807, 2.05) is 0 Å². The van der Waals surface area contributed by atoms with Gasteiger partial charge < -0.3 is 24.8 Å². The average Bonchev–Trinajstić information content (AvgIpc) is 3.53. The molecule has 0 bridgehead atoms. The Morgan fingerprint density at radius 3 is 1.31 bits per heavy atom. The van der Waals surface area contributed by atoms with Crippen molar-refractivity contribution in [3.63, 3.8) is 0 Å². The van der Waals surface area contributed by atoms with Crippen LogP contribution in [0.25, 0.3) is 11.1 Å². The van der Waals surface area contributed by atoms with Gasteiger partial charge in [0.2, 0.25) is 0 Å². The number of halogens is 2. The second kappa shape index (κ2) is 21.1. The van der Waals surface area contributed by atoms with Gasteiger partial charge in [-0.05, 0) is 11.1 Å². The summed E-state index contributed by atoms with van der Waals surface area (Å²) < 4.78 is 0. The molecule has 0 aliphatic heterocycles. The topological polar surface area (TPSA) is 0 Å². The third-order valence-corrected chi connectivity index (χ3v) is 5.60. The van der Waals surface area contributed by atoms with E-state index >= 15 is 0 Å². The standard InChI is InChI=1S/2C15H17.C2H6Si.2ClH.Zr/c2*1-2-3-7-13-10-11-15(12-13)14-8-5-4-6-9-14;1-3-2;;;/h2*4-6,8-9,12H,2-3,7,11H2,1H3;1-2H3;2*1H;/q2*-1;;;;+2/p-2. The first-order chi connectivity index (χ1) is 16.5. The molecule has 0 spiro atoms.